The van der Waals surface area contributed by atoms with E-state index in [1.54, 1.807) is 0 Å². The van der Waals surface area contributed by atoms with Crippen LogP contribution in [-0.2, 0) is 18.0 Å². The third kappa shape index (κ3) is 1.96. The first-order valence-corrected chi connectivity index (χ1v) is 5.99. The Labute approximate surface area is 113 Å². The molecule has 0 saturated heterocycles. The monoisotopic (exact) mass is 284 g/mol. The van der Waals surface area contributed by atoms with Gasteiger partial charge in [0, 0.05) is 10.6 Å². The molecule has 3 nitrogen and oxygen atoms in total. The van der Waals surface area contributed by atoms with Gasteiger partial charge in [0.2, 0.25) is 0 Å². The minimum Gasteiger partial charge on any atom is -0.370 e. The fourth-order valence-electron chi connectivity index (χ4n) is 1.80. The minimum atomic E-state index is -0.436. The molecule has 0 saturated carbocycles. The van der Waals surface area contributed by atoms with E-state index in [0.717, 1.165) is 5.56 Å². The molecule has 3 rings (SSSR count). The molecule has 0 N–H and O–H groups in total. The Bertz CT molecular complexity index is 634. The maximum Gasteiger partial charge on any atom is 0.164 e. The van der Waals surface area contributed by atoms with Crippen LogP contribution in [0.25, 0.3) is 11.4 Å². The molecule has 0 aliphatic carbocycles. The van der Waals surface area contributed by atoms with Crippen LogP contribution in [0.15, 0.2) is 18.2 Å². The molecule has 0 radical (unpaired) electrons. The van der Waals surface area contributed by atoms with Crippen molar-refractivity contribution in [2.24, 2.45) is 0 Å². The van der Waals surface area contributed by atoms with Crippen LogP contribution < -0.4 is 0 Å². The van der Waals surface area contributed by atoms with Crippen molar-refractivity contribution < 1.29 is 9.13 Å². The van der Waals surface area contributed by atoms with E-state index < -0.39 is 5.82 Å². The Morgan fingerprint density at radius 1 is 1.17 bits per heavy atom. The number of halogens is 3. The summed E-state index contributed by atoms with van der Waals surface area (Å²) in [7, 11) is 0. The Morgan fingerprint density at radius 3 is 2.83 bits per heavy atom. The number of aromatic nitrogens is 2. The van der Waals surface area contributed by atoms with Crippen LogP contribution in [0.5, 0.6) is 0 Å². The van der Waals surface area contributed by atoms with E-state index in [0.29, 0.717) is 29.1 Å². The average Bonchev–Trinajstić information content (AvgIpc) is 2.81. The minimum absolute atomic E-state index is 0.226. The number of rotatable bonds is 1. The highest BCUT2D eigenvalue weighted by atomic mass is 35.5. The predicted molar refractivity (Wildman–Crippen MR) is 65.9 cm³/mol. The quantitative estimate of drug-likeness (QED) is 0.751. The number of hydrogen-bond acceptors (Lipinski definition) is 3. The predicted octanol–water partition coefficient (Wildman–Crippen LogP) is 3.62. The summed E-state index contributed by atoms with van der Waals surface area (Å²) in [6.07, 6.45) is 0. The highest BCUT2D eigenvalue weighted by molar-refractivity contribution is 6.31. The van der Waals surface area contributed by atoms with Gasteiger partial charge in [0.1, 0.15) is 11.0 Å². The van der Waals surface area contributed by atoms with Crippen molar-refractivity contribution in [2.45, 2.75) is 13.2 Å². The van der Waals surface area contributed by atoms with Gasteiger partial charge < -0.3 is 4.74 Å². The standard InChI is InChI=1S/C12H7Cl2FN2O/c13-6-1-2-9(15)7(3-6)12-16-10-5-18-4-8(10)11(14)17-12/h1-3H,4-5H2. The summed E-state index contributed by atoms with van der Waals surface area (Å²) in [5, 5.41) is 0.717. The average molecular weight is 285 g/mol. The summed E-state index contributed by atoms with van der Waals surface area (Å²) in [4.78, 5) is 8.36. The van der Waals surface area contributed by atoms with Crippen LogP contribution in [-0.4, -0.2) is 9.97 Å². The van der Waals surface area contributed by atoms with E-state index in [-0.39, 0.29) is 11.4 Å². The highest BCUT2D eigenvalue weighted by Gasteiger charge is 2.20. The summed E-state index contributed by atoms with van der Waals surface area (Å²) >= 11 is 11.9. The number of fused-ring (bicyclic) bond motifs is 1. The maximum atomic E-state index is 13.7. The summed E-state index contributed by atoms with van der Waals surface area (Å²) < 4.78 is 19.0. The zero-order valence-corrected chi connectivity index (χ0v) is 10.6. The van der Waals surface area contributed by atoms with Gasteiger partial charge in [-0.3, -0.25) is 0 Å². The first-order chi connectivity index (χ1) is 8.65. The molecule has 0 atom stereocenters. The molecule has 1 aliphatic heterocycles. The van der Waals surface area contributed by atoms with Crippen molar-refractivity contribution in [1.29, 1.82) is 0 Å². The van der Waals surface area contributed by atoms with Crippen molar-refractivity contribution >= 4 is 23.2 Å². The third-order valence-corrected chi connectivity index (χ3v) is 3.24. The van der Waals surface area contributed by atoms with E-state index in [9.17, 15) is 4.39 Å². The van der Waals surface area contributed by atoms with E-state index in [1.807, 2.05) is 0 Å². The van der Waals surface area contributed by atoms with Crippen LogP contribution in [0.1, 0.15) is 11.3 Å². The zero-order valence-electron chi connectivity index (χ0n) is 9.08. The number of hydrogen-bond donors (Lipinski definition) is 0. The van der Waals surface area contributed by atoms with Gasteiger partial charge in [0.05, 0.1) is 24.5 Å². The van der Waals surface area contributed by atoms with E-state index >= 15 is 0 Å². The normalized spacial score (nSPS) is 13.7. The molecule has 0 amide bonds. The number of benzene rings is 1. The molecule has 0 spiro atoms. The van der Waals surface area contributed by atoms with Crippen LogP contribution in [0.4, 0.5) is 4.39 Å². The Morgan fingerprint density at radius 2 is 2.00 bits per heavy atom. The fourth-order valence-corrected chi connectivity index (χ4v) is 2.22. The molecule has 6 heteroatoms. The SMILES string of the molecule is Fc1ccc(Cl)cc1-c1nc(Cl)c2c(n1)COC2. The first kappa shape index (κ1) is 11.8. The van der Waals surface area contributed by atoms with E-state index in [4.69, 9.17) is 27.9 Å². The van der Waals surface area contributed by atoms with Gasteiger partial charge in [-0.05, 0) is 18.2 Å². The van der Waals surface area contributed by atoms with Crippen LogP contribution in [0.2, 0.25) is 10.2 Å². The molecule has 1 aliphatic rings. The van der Waals surface area contributed by atoms with Crippen molar-refractivity contribution in [1.82, 2.24) is 9.97 Å². The lowest BCUT2D eigenvalue weighted by molar-refractivity contribution is 0.133. The summed E-state index contributed by atoms with van der Waals surface area (Å²) in [5.74, 6) is -0.210. The van der Waals surface area contributed by atoms with Gasteiger partial charge in [-0.15, -0.1) is 0 Å². The van der Waals surface area contributed by atoms with E-state index in [2.05, 4.69) is 9.97 Å². The summed E-state index contributed by atoms with van der Waals surface area (Å²) in [6.45, 7) is 0.763. The Kier molecular flexibility index (Phi) is 2.93. The van der Waals surface area contributed by atoms with Crippen LogP contribution in [0, 0.1) is 5.82 Å². The molecule has 1 aromatic heterocycles. The Hall–Kier alpha value is -1.23. The van der Waals surface area contributed by atoms with Gasteiger partial charge in [0.25, 0.3) is 0 Å². The molecule has 92 valence electrons. The van der Waals surface area contributed by atoms with Gasteiger partial charge in [0.15, 0.2) is 5.82 Å². The molecule has 1 aromatic carbocycles. The topological polar surface area (TPSA) is 35.0 Å². The van der Waals surface area contributed by atoms with Crippen LogP contribution >= 0.6 is 23.2 Å². The third-order valence-electron chi connectivity index (χ3n) is 2.70. The van der Waals surface area contributed by atoms with Gasteiger partial charge in [-0.1, -0.05) is 23.2 Å². The molecule has 2 aromatic rings. The van der Waals surface area contributed by atoms with Gasteiger partial charge in [-0.25, -0.2) is 14.4 Å². The molecule has 2 heterocycles. The second-order valence-electron chi connectivity index (χ2n) is 3.88. The molecule has 0 unspecified atom stereocenters. The first-order valence-electron chi connectivity index (χ1n) is 5.23. The Balaban J connectivity index is 2.18. The lowest BCUT2D eigenvalue weighted by atomic mass is 10.2. The van der Waals surface area contributed by atoms with E-state index in [1.165, 1.54) is 18.2 Å². The second kappa shape index (κ2) is 4.46. The maximum absolute atomic E-state index is 13.7. The van der Waals surface area contributed by atoms with Gasteiger partial charge in [-0.2, -0.15) is 0 Å². The van der Waals surface area contributed by atoms with Gasteiger partial charge >= 0.3 is 0 Å². The summed E-state index contributed by atoms with van der Waals surface area (Å²) in [5.41, 5.74) is 1.70. The fraction of sp³-hybridized carbons (Fsp3) is 0.167. The van der Waals surface area contributed by atoms with Crippen molar-refractivity contribution in [3.63, 3.8) is 0 Å². The lowest BCUT2D eigenvalue weighted by Crippen LogP contribution is -1.99. The highest BCUT2D eigenvalue weighted by Crippen LogP contribution is 2.29. The summed E-state index contributed by atoms with van der Waals surface area (Å²) in [6, 6.07) is 4.22. The molecule has 0 bridgehead atoms. The van der Waals surface area contributed by atoms with Crippen molar-refractivity contribution in [3.8, 4) is 11.4 Å². The number of nitrogens with zero attached hydrogens (tertiary/aromatic N) is 2. The lowest BCUT2D eigenvalue weighted by Gasteiger charge is -2.06. The molecular weight excluding hydrogens is 278 g/mol. The smallest absolute Gasteiger partial charge is 0.164 e. The molecular formula is C12H7Cl2FN2O. The second-order valence-corrected chi connectivity index (χ2v) is 4.67. The van der Waals surface area contributed by atoms with Crippen molar-refractivity contribution in [2.75, 3.05) is 0 Å². The van der Waals surface area contributed by atoms with Crippen molar-refractivity contribution in [3.05, 3.63) is 45.4 Å². The largest absolute Gasteiger partial charge is 0.370 e. The zero-order chi connectivity index (χ0) is 12.7. The number of ether oxygens (including phenoxy) is 1. The molecule has 0 fully saturated rings. The molecule has 18 heavy (non-hydrogen) atoms. The van der Waals surface area contributed by atoms with Crippen LogP contribution in [0.3, 0.4) is 0 Å².